The second-order valence-electron chi connectivity index (χ2n) is 3.08. The van der Waals surface area contributed by atoms with Crippen molar-refractivity contribution in [3.8, 4) is 0 Å². The number of hydrogen-bond acceptors (Lipinski definition) is 3. The van der Waals surface area contributed by atoms with Gasteiger partial charge in [-0.25, -0.2) is 4.79 Å². The topological polar surface area (TPSA) is 63.6 Å². The quantitative estimate of drug-likeness (QED) is 0.719. The van der Waals surface area contributed by atoms with Crippen LogP contribution in [0.15, 0.2) is 24.3 Å². The van der Waals surface area contributed by atoms with Crippen LogP contribution in [-0.4, -0.2) is 17.0 Å². The molecule has 0 amide bonds. The van der Waals surface area contributed by atoms with Crippen LogP contribution < -0.4 is 0 Å². The van der Waals surface area contributed by atoms with E-state index < -0.39 is 18.0 Å². The van der Waals surface area contributed by atoms with Crippen LogP contribution in [0.1, 0.15) is 28.4 Å². The van der Waals surface area contributed by atoms with Gasteiger partial charge in [-0.05, 0) is 6.07 Å². The van der Waals surface area contributed by atoms with Crippen molar-refractivity contribution < 1.29 is 19.4 Å². The molecule has 4 nitrogen and oxygen atoms in total. The van der Waals surface area contributed by atoms with Gasteiger partial charge in [-0.3, -0.25) is 4.79 Å². The van der Waals surface area contributed by atoms with Gasteiger partial charge in [0.25, 0.3) is 0 Å². The van der Waals surface area contributed by atoms with E-state index in [-0.39, 0.29) is 6.42 Å². The number of aliphatic carboxylic acids is 1. The van der Waals surface area contributed by atoms with Crippen LogP contribution in [0.4, 0.5) is 0 Å². The van der Waals surface area contributed by atoms with Crippen molar-refractivity contribution in [2.75, 3.05) is 0 Å². The summed E-state index contributed by atoms with van der Waals surface area (Å²) in [6, 6.07) is 6.84. The Balaban J connectivity index is 2.34. The molecule has 0 fully saturated rings. The van der Waals surface area contributed by atoms with Gasteiger partial charge in [0.05, 0.1) is 12.0 Å². The van der Waals surface area contributed by atoms with Crippen LogP contribution in [0.5, 0.6) is 0 Å². The minimum atomic E-state index is -0.973. The van der Waals surface area contributed by atoms with Crippen LogP contribution in [-0.2, 0) is 9.53 Å². The number of carbonyl (C=O) groups excluding carboxylic acids is 1. The summed E-state index contributed by atoms with van der Waals surface area (Å²) in [6.07, 6.45) is -0.806. The van der Waals surface area contributed by atoms with E-state index in [0.717, 1.165) is 0 Å². The molecule has 0 aliphatic carbocycles. The summed E-state index contributed by atoms with van der Waals surface area (Å²) in [4.78, 5) is 21.7. The first-order valence-corrected chi connectivity index (χ1v) is 4.20. The molecule has 1 heterocycles. The molecule has 1 aromatic carbocycles. The van der Waals surface area contributed by atoms with Crippen LogP contribution in [0.3, 0.4) is 0 Å². The Kier molecular flexibility index (Phi) is 1.96. The van der Waals surface area contributed by atoms with Crippen molar-refractivity contribution in [3.63, 3.8) is 0 Å². The van der Waals surface area contributed by atoms with Crippen LogP contribution >= 0.6 is 0 Å². The highest BCUT2D eigenvalue weighted by Gasteiger charge is 2.31. The zero-order chi connectivity index (χ0) is 10.1. The Hall–Kier alpha value is -1.84. The van der Waals surface area contributed by atoms with Gasteiger partial charge in [0.1, 0.15) is 6.10 Å². The summed E-state index contributed by atoms with van der Waals surface area (Å²) in [5.41, 5.74) is 1.14. The Morgan fingerprint density at radius 1 is 1.43 bits per heavy atom. The molecule has 1 aliphatic heterocycles. The smallest absolute Gasteiger partial charge is 0.339 e. The molecule has 0 aromatic heterocycles. The van der Waals surface area contributed by atoms with E-state index in [1.54, 1.807) is 24.3 Å². The number of carbonyl (C=O) groups is 2. The molecule has 0 bridgehead atoms. The summed E-state index contributed by atoms with van der Waals surface area (Å²) in [7, 11) is 0. The first-order chi connectivity index (χ1) is 6.68. The maximum atomic E-state index is 11.2. The third kappa shape index (κ3) is 1.35. The summed E-state index contributed by atoms with van der Waals surface area (Å²) in [5.74, 6) is -1.41. The van der Waals surface area contributed by atoms with Crippen molar-refractivity contribution in [2.45, 2.75) is 12.5 Å². The Morgan fingerprint density at radius 3 is 2.86 bits per heavy atom. The molecule has 0 radical (unpaired) electrons. The first-order valence-electron chi connectivity index (χ1n) is 4.20. The van der Waals surface area contributed by atoms with Crippen molar-refractivity contribution in [1.29, 1.82) is 0 Å². The molecule has 1 aromatic rings. The van der Waals surface area contributed by atoms with Gasteiger partial charge >= 0.3 is 11.9 Å². The maximum absolute atomic E-state index is 11.2. The average Bonchev–Trinajstić information content (AvgIpc) is 2.44. The van der Waals surface area contributed by atoms with Crippen molar-refractivity contribution in [2.24, 2.45) is 0 Å². The van der Waals surface area contributed by atoms with E-state index >= 15 is 0 Å². The highest BCUT2D eigenvalue weighted by atomic mass is 16.5. The molecular weight excluding hydrogens is 184 g/mol. The van der Waals surface area contributed by atoms with Gasteiger partial charge in [-0.1, -0.05) is 18.2 Å². The van der Waals surface area contributed by atoms with Gasteiger partial charge in [0.15, 0.2) is 0 Å². The molecule has 1 N–H and O–H groups in total. The van der Waals surface area contributed by atoms with Crippen LogP contribution in [0.2, 0.25) is 0 Å². The normalized spacial score (nSPS) is 18.9. The van der Waals surface area contributed by atoms with E-state index in [1.165, 1.54) is 0 Å². The number of cyclic esters (lactones) is 1. The highest BCUT2D eigenvalue weighted by Crippen LogP contribution is 2.32. The Labute approximate surface area is 80.1 Å². The van der Waals surface area contributed by atoms with Crippen molar-refractivity contribution in [3.05, 3.63) is 35.4 Å². The summed E-state index contributed by atoms with van der Waals surface area (Å²) < 4.78 is 4.92. The standard InChI is InChI=1S/C10H8O4/c11-9(12)5-8-6-3-1-2-4-7(6)10(13)14-8/h1-4,8H,5H2,(H,11,12)/t8-/m1/s1. The summed E-state index contributed by atoms with van der Waals surface area (Å²) >= 11 is 0. The fourth-order valence-electron chi connectivity index (χ4n) is 1.53. The third-order valence-electron chi connectivity index (χ3n) is 2.14. The Bertz CT molecular complexity index is 395. The van der Waals surface area contributed by atoms with E-state index in [2.05, 4.69) is 0 Å². The zero-order valence-corrected chi connectivity index (χ0v) is 7.27. The molecule has 1 aliphatic rings. The molecule has 14 heavy (non-hydrogen) atoms. The fourth-order valence-corrected chi connectivity index (χ4v) is 1.53. The largest absolute Gasteiger partial charge is 0.481 e. The molecule has 2 rings (SSSR count). The van der Waals surface area contributed by atoms with Crippen LogP contribution in [0.25, 0.3) is 0 Å². The second-order valence-corrected chi connectivity index (χ2v) is 3.08. The number of esters is 1. The molecule has 1 atom stereocenters. The molecule has 72 valence electrons. The third-order valence-corrected chi connectivity index (χ3v) is 2.14. The lowest BCUT2D eigenvalue weighted by Crippen LogP contribution is -2.05. The SMILES string of the molecule is O=C(O)C[C@H]1OC(=O)c2ccccc21. The Morgan fingerprint density at radius 2 is 2.14 bits per heavy atom. The van der Waals surface area contributed by atoms with E-state index in [9.17, 15) is 9.59 Å². The summed E-state index contributed by atoms with van der Waals surface area (Å²) in [6.45, 7) is 0. The number of hydrogen-bond donors (Lipinski definition) is 1. The van der Waals surface area contributed by atoms with Gasteiger partial charge in [-0.15, -0.1) is 0 Å². The first kappa shape index (κ1) is 8.74. The lowest BCUT2D eigenvalue weighted by atomic mass is 10.0. The summed E-state index contributed by atoms with van der Waals surface area (Å²) in [5, 5.41) is 8.59. The molecule has 4 heteroatoms. The molecule has 0 unspecified atom stereocenters. The number of ether oxygens (including phenoxy) is 1. The predicted octanol–water partition coefficient (Wildman–Crippen LogP) is 1.37. The minimum Gasteiger partial charge on any atom is -0.481 e. The number of fused-ring (bicyclic) bond motifs is 1. The predicted molar refractivity (Wildman–Crippen MR) is 46.9 cm³/mol. The van der Waals surface area contributed by atoms with E-state index in [1.807, 2.05) is 0 Å². The molecule has 0 saturated heterocycles. The second kappa shape index (κ2) is 3.14. The lowest BCUT2D eigenvalue weighted by Gasteiger charge is -2.06. The van der Waals surface area contributed by atoms with Gasteiger partial charge in [-0.2, -0.15) is 0 Å². The van der Waals surface area contributed by atoms with Gasteiger partial charge < -0.3 is 9.84 Å². The van der Waals surface area contributed by atoms with E-state index in [0.29, 0.717) is 11.1 Å². The average molecular weight is 192 g/mol. The number of benzene rings is 1. The van der Waals surface area contributed by atoms with Crippen LogP contribution in [0, 0.1) is 0 Å². The van der Waals surface area contributed by atoms with Gasteiger partial charge in [0.2, 0.25) is 0 Å². The molecule has 0 spiro atoms. The van der Waals surface area contributed by atoms with E-state index in [4.69, 9.17) is 9.84 Å². The molecule has 0 saturated carbocycles. The van der Waals surface area contributed by atoms with Crippen molar-refractivity contribution >= 4 is 11.9 Å². The number of rotatable bonds is 2. The highest BCUT2D eigenvalue weighted by molar-refractivity contribution is 5.94. The number of carboxylic acids is 1. The van der Waals surface area contributed by atoms with Gasteiger partial charge in [0, 0.05) is 5.56 Å². The lowest BCUT2D eigenvalue weighted by molar-refractivity contribution is -0.139. The monoisotopic (exact) mass is 192 g/mol. The maximum Gasteiger partial charge on any atom is 0.339 e. The fraction of sp³-hybridized carbons (Fsp3) is 0.200. The number of carboxylic acid groups (broad SMARTS) is 1. The molecular formula is C10H8O4. The minimum absolute atomic E-state index is 0.178. The zero-order valence-electron chi connectivity index (χ0n) is 7.27. The van der Waals surface area contributed by atoms with Crippen molar-refractivity contribution in [1.82, 2.24) is 0 Å².